The van der Waals surface area contributed by atoms with Crippen molar-refractivity contribution in [2.75, 3.05) is 6.61 Å². The molecule has 176 valence electrons. The highest BCUT2D eigenvalue weighted by molar-refractivity contribution is 9.09. The van der Waals surface area contributed by atoms with Crippen molar-refractivity contribution in [1.82, 2.24) is 0 Å². The zero-order valence-corrected chi connectivity index (χ0v) is 20.3. The lowest BCUT2D eigenvalue weighted by Crippen LogP contribution is -2.71. The Morgan fingerprint density at radius 1 is 1.34 bits per heavy atom. The number of rotatable bonds is 3. The number of alkyl halides is 2. The predicted molar refractivity (Wildman–Crippen MR) is 118 cm³/mol. The minimum Gasteiger partial charge on any atom is -0.458 e. The summed E-state index contributed by atoms with van der Waals surface area (Å²) >= 11 is 3.64. The maximum Gasteiger partial charge on any atom is 0.303 e. The molecule has 0 heterocycles. The van der Waals surface area contributed by atoms with E-state index < -0.39 is 64.3 Å². The molecule has 3 saturated carbocycles. The average Bonchev–Trinajstić information content (AvgIpc) is 2.89. The molecule has 32 heavy (non-hydrogen) atoms. The number of esters is 1. The highest BCUT2D eigenvalue weighted by atomic mass is 79.9. The minimum absolute atomic E-state index is 0.123. The molecule has 0 amide bonds. The van der Waals surface area contributed by atoms with Crippen LogP contribution in [0.1, 0.15) is 47.0 Å². The average molecular weight is 513 g/mol. The van der Waals surface area contributed by atoms with E-state index in [1.807, 2.05) is 0 Å². The predicted octanol–water partition coefficient (Wildman–Crippen LogP) is 2.84. The first-order valence-electron chi connectivity index (χ1n) is 11.1. The van der Waals surface area contributed by atoms with E-state index in [0.717, 1.165) is 0 Å². The van der Waals surface area contributed by atoms with Crippen LogP contribution in [0.5, 0.6) is 0 Å². The number of hydrogen-bond donors (Lipinski definition) is 2. The minimum atomic E-state index is -2.09. The maximum atomic E-state index is 17.2. The van der Waals surface area contributed by atoms with Crippen LogP contribution in [-0.4, -0.2) is 56.6 Å². The number of hydrogen-bond acceptors (Lipinski definition) is 6. The lowest BCUT2D eigenvalue weighted by Gasteiger charge is -2.63. The van der Waals surface area contributed by atoms with Crippen LogP contribution >= 0.6 is 15.9 Å². The van der Waals surface area contributed by atoms with Gasteiger partial charge < -0.3 is 14.9 Å². The van der Waals surface area contributed by atoms with Crippen LogP contribution in [0.4, 0.5) is 4.39 Å². The number of aliphatic hydroxyl groups is 2. The second-order valence-corrected chi connectivity index (χ2v) is 11.6. The van der Waals surface area contributed by atoms with Crippen molar-refractivity contribution in [2.24, 2.45) is 28.6 Å². The van der Waals surface area contributed by atoms with Crippen molar-refractivity contribution in [3.63, 3.8) is 0 Å². The van der Waals surface area contributed by atoms with E-state index in [9.17, 15) is 24.6 Å². The van der Waals surface area contributed by atoms with Gasteiger partial charge in [-0.15, -0.1) is 0 Å². The van der Waals surface area contributed by atoms with Crippen molar-refractivity contribution in [1.29, 1.82) is 0 Å². The van der Waals surface area contributed by atoms with Gasteiger partial charge in [-0.25, -0.2) is 4.39 Å². The van der Waals surface area contributed by atoms with Crippen LogP contribution in [0.3, 0.4) is 0 Å². The van der Waals surface area contributed by atoms with E-state index in [4.69, 9.17) is 4.74 Å². The number of ether oxygens (including phenoxy) is 1. The molecule has 0 aromatic carbocycles. The molecule has 4 aliphatic carbocycles. The smallest absolute Gasteiger partial charge is 0.303 e. The van der Waals surface area contributed by atoms with Crippen molar-refractivity contribution < 1.29 is 33.7 Å². The van der Waals surface area contributed by atoms with Crippen LogP contribution in [-0.2, 0) is 19.1 Å². The zero-order chi connectivity index (χ0) is 23.9. The number of carbonyl (C=O) groups excluding carboxylic acids is 3. The molecule has 0 aromatic rings. The summed E-state index contributed by atoms with van der Waals surface area (Å²) in [6, 6.07) is 0. The van der Waals surface area contributed by atoms with Gasteiger partial charge in [-0.3, -0.25) is 14.4 Å². The van der Waals surface area contributed by atoms with Gasteiger partial charge in [0, 0.05) is 28.5 Å². The molecule has 0 saturated heterocycles. The number of allylic oxidation sites excluding steroid dienone is 4. The Morgan fingerprint density at radius 2 is 2.00 bits per heavy atom. The van der Waals surface area contributed by atoms with E-state index in [2.05, 4.69) is 15.9 Å². The Kier molecular flexibility index (Phi) is 5.43. The van der Waals surface area contributed by atoms with Gasteiger partial charge in [0.15, 0.2) is 18.1 Å². The Balaban J connectivity index is 1.80. The molecule has 0 aliphatic heterocycles. The Hall–Kier alpha value is -1.38. The third-order valence-corrected chi connectivity index (χ3v) is 9.92. The monoisotopic (exact) mass is 512 g/mol. The zero-order valence-electron chi connectivity index (χ0n) is 18.7. The van der Waals surface area contributed by atoms with Crippen molar-refractivity contribution >= 4 is 33.5 Å². The fourth-order valence-corrected chi connectivity index (χ4v) is 8.46. The van der Waals surface area contributed by atoms with Gasteiger partial charge in [-0.05, 0) is 50.2 Å². The second-order valence-electron chi connectivity index (χ2n) is 10.5. The highest BCUT2D eigenvalue weighted by Crippen LogP contribution is 2.71. The lowest BCUT2D eigenvalue weighted by atomic mass is 9.44. The number of ketones is 2. The summed E-state index contributed by atoms with van der Waals surface area (Å²) in [6.07, 6.45) is 3.60. The largest absolute Gasteiger partial charge is 0.458 e. The van der Waals surface area contributed by atoms with Gasteiger partial charge in [0.25, 0.3) is 0 Å². The molecule has 8 heteroatoms. The van der Waals surface area contributed by atoms with Crippen LogP contribution in [0.25, 0.3) is 0 Å². The number of aliphatic hydroxyl groups excluding tert-OH is 1. The normalized spacial score (nSPS) is 49.6. The van der Waals surface area contributed by atoms with Gasteiger partial charge in [0.1, 0.15) is 5.60 Å². The summed E-state index contributed by atoms with van der Waals surface area (Å²) in [4.78, 5) is 36.0. The fourth-order valence-electron chi connectivity index (χ4n) is 7.36. The Bertz CT molecular complexity index is 947. The van der Waals surface area contributed by atoms with E-state index in [1.54, 1.807) is 26.8 Å². The molecule has 4 rings (SSSR count). The summed E-state index contributed by atoms with van der Waals surface area (Å²) in [5.41, 5.74) is -5.59. The first kappa shape index (κ1) is 23.8. The summed E-state index contributed by atoms with van der Waals surface area (Å²) in [7, 11) is 0. The quantitative estimate of drug-likeness (QED) is 0.445. The second kappa shape index (κ2) is 7.31. The van der Waals surface area contributed by atoms with Gasteiger partial charge in [0.05, 0.1) is 6.10 Å². The van der Waals surface area contributed by atoms with Crippen molar-refractivity contribution in [2.45, 2.75) is 69.2 Å². The molecule has 0 aromatic heterocycles. The third kappa shape index (κ3) is 2.78. The molecule has 9 atom stereocenters. The van der Waals surface area contributed by atoms with Crippen molar-refractivity contribution in [3.05, 3.63) is 23.8 Å². The lowest BCUT2D eigenvalue weighted by molar-refractivity contribution is -0.218. The van der Waals surface area contributed by atoms with E-state index in [-0.39, 0.29) is 17.0 Å². The number of fused-ring (bicyclic) bond motifs is 5. The molecule has 6 nitrogen and oxygen atoms in total. The first-order valence-corrected chi connectivity index (χ1v) is 12.0. The number of Topliss-reactive ketones (excluding diaryl/α,β-unsaturated/α-hetero) is 1. The molecule has 3 fully saturated rings. The molecule has 0 unspecified atom stereocenters. The molecule has 4 aliphatic rings. The van der Waals surface area contributed by atoms with Crippen molar-refractivity contribution in [3.8, 4) is 0 Å². The fraction of sp³-hybridized carbons (Fsp3) is 0.708. The van der Waals surface area contributed by atoms with Gasteiger partial charge >= 0.3 is 5.97 Å². The van der Waals surface area contributed by atoms with E-state index in [0.29, 0.717) is 18.4 Å². The maximum absolute atomic E-state index is 17.2. The van der Waals surface area contributed by atoms with Crippen LogP contribution in [0, 0.1) is 28.6 Å². The topological polar surface area (TPSA) is 101 Å². The Morgan fingerprint density at radius 3 is 2.62 bits per heavy atom. The van der Waals surface area contributed by atoms with Gasteiger partial charge in [-0.1, -0.05) is 41.4 Å². The highest BCUT2D eigenvalue weighted by Gasteiger charge is 2.76. The number of carbonyl (C=O) groups is 3. The van der Waals surface area contributed by atoms with Crippen LogP contribution in [0.2, 0.25) is 0 Å². The first-order chi connectivity index (χ1) is 14.7. The summed E-state index contributed by atoms with van der Waals surface area (Å²) in [5.74, 6) is -3.07. The molecule has 0 bridgehead atoms. The molecule has 0 radical (unpaired) electrons. The standard InChI is InChI=1S/C24H30BrFO6/c1-12-7-16-20-17(25)9-14-8-15(28)5-6-21(14,3)23(20,26)18(29)10-22(16,4)24(12,31)19(30)11-32-13(2)27/h5-6,8,12,16-18,20,29,31H,7,9-11H2,1-4H3/t12-,16+,17-,18+,20-,21+,22+,23-,24+/m1/s1. The van der Waals surface area contributed by atoms with Crippen LogP contribution in [0.15, 0.2) is 23.8 Å². The Labute approximate surface area is 195 Å². The van der Waals surface area contributed by atoms with Gasteiger partial charge in [-0.2, -0.15) is 0 Å². The van der Waals surface area contributed by atoms with E-state index in [1.165, 1.54) is 19.1 Å². The summed E-state index contributed by atoms with van der Waals surface area (Å²) in [5, 5.41) is 23.1. The summed E-state index contributed by atoms with van der Waals surface area (Å²) < 4.78 is 22.1. The molecular weight excluding hydrogens is 483 g/mol. The number of halogens is 2. The van der Waals surface area contributed by atoms with Gasteiger partial charge in [0.2, 0.25) is 5.78 Å². The SMILES string of the molecule is CC(=O)OCC(=O)[C@@]1(O)[C@H](C)C[C@H]2[C@@H]3[C@H](Br)CC4=CC(=O)C=C[C@]4(C)[C@@]3(F)[C@@H](O)C[C@@]21C. The molecule has 2 N–H and O–H groups in total. The third-order valence-electron chi connectivity index (χ3n) is 9.03. The van der Waals surface area contributed by atoms with E-state index >= 15 is 4.39 Å². The molecule has 0 spiro atoms. The molecular formula is C24H30BrFO6. The van der Waals surface area contributed by atoms with Crippen LogP contribution < -0.4 is 0 Å². The summed E-state index contributed by atoms with van der Waals surface area (Å²) in [6.45, 7) is 5.83.